The van der Waals surface area contributed by atoms with Crippen LogP contribution in [0.4, 0.5) is 0 Å². The molecule has 11 heavy (non-hydrogen) atoms. The second-order valence-corrected chi connectivity index (χ2v) is 3.49. The molecule has 1 N–H and O–H groups in total. The van der Waals surface area contributed by atoms with Crippen LogP contribution in [0, 0.1) is 5.92 Å². The zero-order valence-corrected chi connectivity index (χ0v) is 8.11. The van der Waals surface area contributed by atoms with Crippen LogP contribution in [0.15, 0.2) is 0 Å². The molecule has 1 atom stereocenters. The third-order valence-electron chi connectivity index (χ3n) is 1.35. The summed E-state index contributed by atoms with van der Waals surface area (Å²) in [6.45, 7) is 5.74. The van der Waals surface area contributed by atoms with E-state index in [0.717, 1.165) is 6.42 Å². The van der Waals surface area contributed by atoms with E-state index in [2.05, 4.69) is 19.2 Å². The Bertz CT molecular complexity index is 125. The lowest BCUT2D eigenvalue weighted by Gasteiger charge is -2.16. The summed E-state index contributed by atoms with van der Waals surface area (Å²) in [4.78, 5) is 10.6. The molecule has 0 aromatic rings. The summed E-state index contributed by atoms with van der Waals surface area (Å²) in [5.74, 6) is 1.07. The Morgan fingerprint density at radius 1 is 1.55 bits per heavy atom. The second-order valence-electron chi connectivity index (χ2n) is 3.18. The van der Waals surface area contributed by atoms with Crippen molar-refractivity contribution in [3.8, 4) is 0 Å². The molecule has 0 aliphatic heterocycles. The zero-order chi connectivity index (χ0) is 8.85. The van der Waals surface area contributed by atoms with E-state index < -0.39 is 0 Å². The fourth-order valence-electron chi connectivity index (χ4n) is 1.02. The van der Waals surface area contributed by atoms with Crippen LogP contribution >= 0.6 is 11.6 Å². The van der Waals surface area contributed by atoms with Gasteiger partial charge in [-0.1, -0.05) is 13.8 Å². The molecule has 3 heteroatoms. The summed E-state index contributed by atoms with van der Waals surface area (Å²) >= 11 is 5.64. The molecule has 0 radical (unpaired) electrons. The van der Waals surface area contributed by atoms with Gasteiger partial charge in [-0.3, -0.25) is 4.79 Å². The Morgan fingerprint density at radius 3 is 2.36 bits per heavy atom. The van der Waals surface area contributed by atoms with Gasteiger partial charge in [0, 0.05) is 18.8 Å². The molecule has 0 aliphatic rings. The van der Waals surface area contributed by atoms with Gasteiger partial charge in [0.2, 0.25) is 5.91 Å². The highest BCUT2D eigenvalue weighted by molar-refractivity contribution is 6.18. The first kappa shape index (κ1) is 10.8. The van der Waals surface area contributed by atoms with E-state index in [1.807, 2.05) is 0 Å². The van der Waals surface area contributed by atoms with Crippen molar-refractivity contribution in [3.63, 3.8) is 0 Å². The SMILES string of the molecule is CC(=O)NC(CCl)CC(C)C. The smallest absolute Gasteiger partial charge is 0.217 e. The first-order chi connectivity index (χ1) is 5.06. The van der Waals surface area contributed by atoms with E-state index in [1.165, 1.54) is 6.92 Å². The molecule has 66 valence electrons. The summed E-state index contributed by atoms with van der Waals surface area (Å²) in [6, 6.07) is 0.133. The van der Waals surface area contributed by atoms with Crippen LogP contribution in [0.25, 0.3) is 0 Å². The van der Waals surface area contributed by atoms with Crippen LogP contribution in [0.5, 0.6) is 0 Å². The van der Waals surface area contributed by atoms with Crippen LogP contribution in [0.2, 0.25) is 0 Å². The van der Waals surface area contributed by atoms with E-state index >= 15 is 0 Å². The lowest BCUT2D eigenvalue weighted by Crippen LogP contribution is -2.35. The Morgan fingerprint density at radius 2 is 2.09 bits per heavy atom. The standard InChI is InChI=1S/C8H16ClNO/c1-6(2)4-8(5-9)10-7(3)11/h6,8H,4-5H2,1-3H3,(H,10,11). The highest BCUT2D eigenvalue weighted by Gasteiger charge is 2.09. The van der Waals surface area contributed by atoms with Crippen LogP contribution < -0.4 is 5.32 Å². The number of nitrogens with one attached hydrogen (secondary N) is 1. The number of hydrogen-bond donors (Lipinski definition) is 1. The largest absolute Gasteiger partial charge is 0.352 e. The first-order valence-electron chi connectivity index (χ1n) is 3.89. The normalized spacial score (nSPS) is 13.2. The summed E-state index contributed by atoms with van der Waals surface area (Å²) < 4.78 is 0. The number of alkyl halides is 1. The van der Waals surface area contributed by atoms with Gasteiger partial charge >= 0.3 is 0 Å². The van der Waals surface area contributed by atoms with E-state index in [-0.39, 0.29) is 11.9 Å². The third-order valence-corrected chi connectivity index (χ3v) is 1.72. The van der Waals surface area contributed by atoms with Crippen molar-refractivity contribution < 1.29 is 4.79 Å². The molecule has 0 heterocycles. The number of amides is 1. The molecule has 0 aromatic heterocycles. The molecule has 0 fully saturated rings. The van der Waals surface area contributed by atoms with Crippen LogP contribution in [0.3, 0.4) is 0 Å². The Kier molecular flexibility index (Phi) is 5.30. The van der Waals surface area contributed by atoms with Crippen molar-refractivity contribution in [2.75, 3.05) is 5.88 Å². The molecular weight excluding hydrogens is 162 g/mol. The Hall–Kier alpha value is -0.240. The summed E-state index contributed by atoms with van der Waals surface area (Å²) in [5.41, 5.74) is 0. The van der Waals surface area contributed by atoms with Gasteiger partial charge in [0.25, 0.3) is 0 Å². The van der Waals surface area contributed by atoms with Gasteiger partial charge in [-0.05, 0) is 12.3 Å². The van der Waals surface area contributed by atoms with Crippen LogP contribution in [-0.2, 0) is 4.79 Å². The predicted molar refractivity (Wildman–Crippen MR) is 47.8 cm³/mol. The fourth-order valence-corrected chi connectivity index (χ4v) is 1.22. The fraction of sp³-hybridized carbons (Fsp3) is 0.875. The van der Waals surface area contributed by atoms with Crippen molar-refractivity contribution in [3.05, 3.63) is 0 Å². The van der Waals surface area contributed by atoms with Gasteiger partial charge in [0.15, 0.2) is 0 Å². The summed E-state index contributed by atoms with van der Waals surface area (Å²) in [7, 11) is 0. The van der Waals surface area contributed by atoms with E-state index in [1.54, 1.807) is 0 Å². The maximum Gasteiger partial charge on any atom is 0.217 e. The average Bonchev–Trinajstić information content (AvgIpc) is 1.84. The molecule has 0 bridgehead atoms. The van der Waals surface area contributed by atoms with Crippen LogP contribution in [-0.4, -0.2) is 17.8 Å². The van der Waals surface area contributed by atoms with Crippen molar-refractivity contribution in [1.29, 1.82) is 0 Å². The van der Waals surface area contributed by atoms with Crippen LogP contribution in [0.1, 0.15) is 27.2 Å². The Balaban J connectivity index is 3.66. The molecule has 2 nitrogen and oxygen atoms in total. The monoisotopic (exact) mass is 177 g/mol. The number of rotatable bonds is 4. The number of halogens is 1. The average molecular weight is 178 g/mol. The van der Waals surface area contributed by atoms with Gasteiger partial charge in [0.1, 0.15) is 0 Å². The molecule has 0 aliphatic carbocycles. The molecule has 0 spiro atoms. The predicted octanol–water partition coefficient (Wildman–Crippen LogP) is 1.78. The van der Waals surface area contributed by atoms with Gasteiger partial charge in [-0.25, -0.2) is 0 Å². The highest BCUT2D eigenvalue weighted by atomic mass is 35.5. The van der Waals surface area contributed by atoms with Gasteiger partial charge < -0.3 is 5.32 Å². The van der Waals surface area contributed by atoms with Gasteiger partial charge in [-0.2, -0.15) is 0 Å². The number of carbonyl (C=O) groups excluding carboxylic acids is 1. The lowest BCUT2D eigenvalue weighted by molar-refractivity contribution is -0.119. The van der Waals surface area contributed by atoms with Crippen molar-refractivity contribution in [2.45, 2.75) is 33.2 Å². The molecule has 1 amide bonds. The third kappa shape index (κ3) is 6.17. The maximum absolute atomic E-state index is 10.6. The second kappa shape index (κ2) is 5.42. The minimum absolute atomic E-state index is 0.00343. The van der Waals surface area contributed by atoms with Crippen molar-refractivity contribution >= 4 is 17.5 Å². The maximum atomic E-state index is 10.6. The van der Waals surface area contributed by atoms with Crippen molar-refractivity contribution in [1.82, 2.24) is 5.32 Å². The van der Waals surface area contributed by atoms with E-state index in [9.17, 15) is 4.79 Å². The highest BCUT2D eigenvalue weighted by Crippen LogP contribution is 2.05. The Labute approximate surface area is 73.3 Å². The van der Waals surface area contributed by atoms with Crippen molar-refractivity contribution in [2.24, 2.45) is 5.92 Å². The summed E-state index contributed by atoms with van der Waals surface area (Å²) in [6.07, 6.45) is 0.948. The molecular formula is C8H16ClNO. The number of hydrogen-bond acceptors (Lipinski definition) is 1. The topological polar surface area (TPSA) is 29.1 Å². The molecule has 0 saturated carbocycles. The molecule has 0 aromatic carbocycles. The molecule has 0 saturated heterocycles. The molecule has 0 rings (SSSR count). The van der Waals surface area contributed by atoms with E-state index in [4.69, 9.17) is 11.6 Å². The minimum Gasteiger partial charge on any atom is -0.352 e. The lowest BCUT2D eigenvalue weighted by atomic mass is 10.1. The number of carbonyl (C=O) groups is 1. The quantitative estimate of drug-likeness (QED) is 0.652. The summed E-state index contributed by atoms with van der Waals surface area (Å²) in [5, 5.41) is 2.79. The van der Waals surface area contributed by atoms with Gasteiger partial charge in [0.05, 0.1) is 0 Å². The van der Waals surface area contributed by atoms with E-state index in [0.29, 0.717) is 11.8 Å². The zero-order valence-electron chi connectivity index (χ0n) is 7.36. The van der Waals surface area contributed by atoms with Gasteiger partial charge in [-0.15, -0.1) is 11.6 Å². The first-order valence-corrected chi connectivity index (χ1v) is 4.42. The minimum atomic E-state index is -0.00343. The molecule has 1 unspecified atom stereocenters.